The standard InChI is InChI=1S/C18H24FN3/c19-17-5-3-15(4-6-17)7-11-22-10-1-2-16(14-22)12-18-13-20-8-9-21-18/h3-6,8-9,16,20H,1-2,7,10-14H2. The molecular weight excluding hydrogens is 277 g/mol. The Bertz CT molecular complexity index is 536. The van der Waals surface area contributed by atoms with Crippen molar-refractivity contribution >= 4 is 5.71 Å². The molecule has 0 aromatic heterocycles. The van der Waals surface area contributed by atoms with Crippen molar-refractivity contribution in [3.63, 3.8) is 0 Å². The normalized spacial score (nSPS) is 22.2. The van der Waals surface area contributed by atoms with Crippen LogP contribution in [0.1, 0.15) is 24.8 Å². The molecule has 1 aromatic carbocycles. The lowest BCUT2D eigenvalue weighted by atomic mass is 9.92. The Labute approximate surface area is 131 Å². The van der Waals surface area contributed by atoms with Crippen LogP contribution in [0.4, 0.5) is 4.39 Å². The average molecular weight is 301 g/mol. The van der Waals surface area contributed by atoms with Crippen molar-refractivity contribution < 1.29 is 4.39 Å². The first-order valence-electron chi connectivity index (χ1n) is 8.20. The van der Waals surface area contributed by atoms with Crippen LogP contribution < -0.4 is 5.32 Å². The van der Waals surface area contributed by atoms with Crippen LogP contribution in [0.3, 0.4) is 0 Å². The van der Waals surface area contributed by atoms with E-state index in [2.05, 4.69) is 15.2 Å². The number of nitrogens with zero attached hydrogens (tertiary/aromatic N) is 2. The Morgan fingerprint density at radius 1 is 1.27 bits per heavy atom. The zero-order valence-electron chi connectivity index (χ0n) is 13.0. The summed E-state index contributed by atoms with van der Waals surface area (Å²) in [5.74, 6) is 0.562. The summed E-state index contributed by atoms with van der Waals surface area (Å²) >= 11 is 0. The van der Waals surface area contributed by atoms with Gasteiger partial charge >= 0.3 is 0 Å². The molecule has 0 radical (unpaired) electrons. The number of aliphatic imine (C=N–C) groups is 1. The molecule has 1 aromatic rings. The molecule has 2 heterocycles. The van der Waals surface area contributed by atoms with Gasteiger partial charge in [0, 0.05) is 31.2 Å². The maximum Gasteiger partial charge on any atom is 0.123 e. The fourth-order valence-electron chi connectivity index (χ4n) is 3.34. The van der Waals surface area contributed by atoms with Crippen LogP contribution in [0.15, 0.2) is 41.7 Å². The summed E-state index contributed by atoms with van der Waals surface area (Å²) < 4.78 is 12.9. The van der Waals surface area contributed by atoms with E-state index in [-0.39, 0.29) is 5.82 Å². The zero-order chi connectivity index (χ0) is 15.2. The summed E-state index contributed by atoms with van der Waals surface area (Å²) in [6.07, 6.45) is 8.43. The number of benzene rings is 1. The Balaban J connectivity index is 1.47. The molecule has 0 amide bonds. The summed E-state index contributed by atoms with van der Waals surface area (Å²) in [5.41, 5.74) is 2.49. The van der Waals surface area contributed by atoms with Gasteiger partial charge in [0.05, 0.1) is 6.54 Å². The summed E-state index contributed by atoms with van der Waals surface area (Å²) in [7, 11) is 0. The molecular formula is C18H24FN3. The number of halogens is 1. The van der Waals surface area contributed by atoms with Crippen molar-refractivity contribution in [1.29, 1.82) is 0 Å². The smallest absolute Gasteiger partial charge is 0.123 e. The lowest BCUT2D eigenvalue weighted by Gasteiger charge is -2.33. The second-order valence-electron chi connectivity index (χ2n) is 6.28. The molecule has 0 spiro atoms. The highest BCUT2D eigenvalue weighted by Crippen LogP contribution is 2.21. The molecule has 0 aliphatic carbocycles. The first-order chi connectivity index (χ1) is 10.8. The maximum absolute atomic E-state index is 12.9. The van der Waals surface area contributed by atoms with E-state index < -0.39 is 0 Å². The van der Waals surface area contributed by atoms with Gasteiger partial charge in [0.2, 0.25) is 0 Å². The minimum Gasteiger partial charge on any atom is -0.384 e. The predicted octanol–water partition coefficient (Wildman–Crippen LogP) is 2.99. The third kappa shape index (κ3) is 4.41. The van der Waals surface area contributed by atoms with E-state index in [0.717, 1.165) is 32.5 Å². The number of piperidine rings is 1. The van der Waals surface area contributed by atoms with Crippen LogP contribution in [-0.4, -0.2) is 36.8 Å². The largest absolute Gasteiger partial charge is 0.384 e. The van der Waals surface area contributed by atoms with Crippen LogP contribution >= 0.6 is 0 Å². The second kappa shape index (κ2) is 7.54. The van der Waals surface area contributed by atoms with Gasteiger partial charge in [-0.2, -0.15) is 0 Å². The molecule has 2 aliphatic heterocycles. The summed E-state index contributed by atoms with van der Waals surface area (Å²) in [6.45, 7) is 4.29. The third-order valence-corrected chi connectivity index (χ3v) is 4.51. The van der Waals surface area contributed by atoms with E-state index in [9.17, 15) is 4.39 Å². The van der Waals surface area contributed by atoms with E-state index in [1.54, 1.807) is 12.1 Å². The SMILES string of the molecule is Fc1ccc(CCN2CCCC(CC3=NC=CNC3)C2)cc1. The zero-order valence-corrected chi connectivity index (χ0v) is 13.0. The lowest BCUT2D eigenvalue weighted by molar-refractivity contribution is 0.179. The highest BCUT2D eigenvalue weighted by atomic mass is 19.1. The molecule has 0 saturated carbocycles. The van der Waals surface area contributed by atoms with Gasteiger partial charge in [-0.05, 0) is 55.8 Å². The summed E-state index contributed by atoms with van der Waals surface area (Å²) in [5, 5.41) is 3.23. The minimum atomic E-state index is -0.155. The van der Waals surface area contributed by atoms with Crippen LogP contribution in [0.5, 0.6) is 0 Å². The fourth-order valence-corrected chi connectivity index (χ4v) is 3.34. The molecule has 1 fully saturated rings. The Hall–Kier alpha value is -1.68. The van der Waals surface area contributed by atoms with Crippen LogP contribution in [0.25, 0.3) is 0 Å². The van der Waals surface area contributed by atoms with E-state index in [4.69, 9.17) is 0 Å². The van der Waals surface area contributed by atoms with Crippen LogP contribution in [0.2, 0.25) is 0 Å². The van der Waals surface area contributed by atoms with Crippen LogP contribution in [0, 0.1) is 11.7 Å². The Kier molecular flexibility index (Phi) is 5.22. The monoisotopic (exact) mass is 301 g/mol. The van der Waals surface area contributed by atoms with Crippen molar-refractivity contribution in [2.45, 2.75) is 25.7 Å². The van der Waals surface area contributed by atoms with Crippen molar-refractivity contribution in [3.8, 4) is 0 Å². The molecule has 118 valence electrons. The number of likely N-dealkylation sites (tertiary alicyclic amines) is 1. The molecule has 1 N–H and O–H groups in total. The highest BCUT2D eigenvalue weighted by Gasteiger charge is 2.21. The predicted molar refractivity (Wildman–Crippen MR) is 88.5 cm³/mol. The number of hydrogen-bond donors (Lipinski definition) is 1. The lowest BCUT2D eigenvalue weighted by Crippen LogP contribution is -2.38. The maximum atomic E-state index is 12.9. The van der Waals surface area contributed by atoms with E-state index >= 15 is 0 Å². The topological polar surface area (TPSA) is 27.6 Å². The molecule has 3 nitrogen and oxygen atoms in total. The molecule has 1 saturated heterocycles. The molecule has 1 unspecified atom stereocenters. The number of nitrogens with one attached hydrogen (secondary N) is 1. The van der Waals surface area contributed by atoms with Gasteiger partial charge in [0.1, 0.15) is 5.82 Å². The first-order valence-corrected chi connectivity index (χ1v) is 8.20. The minimum absolute atomic E-state index is 0.155. The number of rotatable bonds is 5. The van der Waals surface area contributed by atoms with Gasteiger partial charge in [-0.15, -0.1) is 0 Å². The number of hydrogen-bond acceptors (Lipinski definition) is 3. The highest BCUT2D eigenvalue weighted by molar-refractivity contribution is 5.87. The molecule has 1 atom stereocenters. The average Bonchev–Trinajstić information content (AvgIpc) is 2.56. The van der Waals surface area contributed by atoms with Gasteiger partial charge in [-0.3, -0.25) is 4.99 Å². The molecule has 3 rings (SSSR count). The van der Waals surface area contributed by atoms with Crippen LogP contribution in [-0.2, 0) is 6.42 Å². The molecule has 4 heteroatoms. The molecule has 2 aliphatic rings. The second-order valence-corrected chi connectivity index (χ2v) is 6.28. The van der Waals surface area contributed by atoms with Gasteiger partial charge in [-0.1, -0.05) is 12.1 Å². The van der Waals surface area contributed by atoms with Gasteiger partial charge in [-0.25, -0.2) is 4.39 Å². The van der Waals surface area contributed by atoms with Crippen molar-refractivity contribution in [3.05, 3.63) is 48.0 Å². The Morgan fingerprint density at radius 3 is 2.91 bits per heavy atom. The first kappa shape index (κ1) is 15.2. The summed E-state index contributed by atoms with van der Waals surface area (Å²) in [4.78, 5) is 7.02. The molecule has 0 bridgehead atoms. The van der Waals surface area contributed by atoms with E-state index in [1.807, 2.05) is 24.5 Å². The quantitative estimate of drug-likeness (QED) is 0.905. The summed E-state index contributed by atoms with van der Waals surface area (Å²) in [6, 6.07) is 6.89. The van der Waals surface area contributed by atoms with Gasteiger partial charge in [0.25, 0.3) is 0 Å². The van der Waals surface area contributed by atoms with Gasteiger partial charge < -0.3 is 10.2 Å². The fraction of sp³-hybridized carbons (Fsp3) is 0.500. The van der Waals surface area contributed by atoms with Crippen molar-refractivity contribution in [2.75, 3.05) is 26.2 Å². The van der Waals surface area contributed by atoms with Crippen molar-refractivity contribution in [2.24, 2.45) is 10.9 Å². The van der Waals surface area contributed by atoms with E-state index in [0.29, 0.717) is 5.92 Å². The van der Waals surface area contributed by atoms with Gasteiger partial charge in [0.15, 0.2) is 0 Å². The molecule has 22 heavy (non-hydrogen) atoms. The van der Waals surface area contributed by atoms with E-state index in [1.165, 1.54) is 30.7 Å². The Morgan fingerprint density at radius 2 is 2.14 bits per heavy atom. The third-order valence-electron chi connectivity index (χ3n) is 4.51. The van der Waals surface area contributed by atoms with Crippen molar-refractivity contribution in [1.82, 2.24) is 10.2 Å².